The van der Waals surface area contributed by atoms with Gasteiger partial charge in [0.1, 0.15) is 12.2 Å². The number of hydrogen-bond donors (Lipinski definition) is 1. The molecule has 1 aromatic heterocycles. The Labute approximate surface area is 142 Å². The number of nitrogens with one attached hydrogen (secondary N) is 1. The van der Waals surface area contributed by atoms with Gasteiger partial charge in [0.2, 0.25) is 0 Å². The Hall–Kier alpha value is -2.24. The highest BCUT2D eigenvalue weighted by atomic mass is 32.2. The molecule has 0 saturated heterocycles. The second-order valence-electron chi connectivity index (χ2n) is 5.93. The first kappa shape index (κ1) is 18.1. The summed E-state index contributed by atoms with van der Waals surface area (Å²) in [6.45, 7) is 4.39. The van der Waals surface area contributed by atoms with Crippen LogP contribution in [0.4, 0.5) is 0 Å². The van der Waals surface area contributed by atoms with Crippen molar-refractivity contribution in [3.63, 3.8) is 0 Å². The predicted octanol–water partition coefficient (Wildman–Crippen LogP) is 1.45. The van der Waals surface area contributed by atoms with Crippen molar-refractivity contribution in [3.8, 4) is 6.07 Å². The van der Waals surface area contributed by atoms with Crippen LogP contribution in [0.15, 0.2) is 35.5 Å². The minimum atomic E-state index is -3.40. The number of aromatic nitrogens is 3. The molecular weight excluding hydrogens is 326 g/mol. The zero-order valence-electron chi connectivity index (χ0n) is 14.0. The molecule has 1 atom stereocenters. The van der Waals surface area contributed by atoms with Crippen molar-refractivity contribution in [2.45, 2.75) is 24.8 Å². The van der Waals surface area contributed by atoms with Gasteiger partial charge >= 0.3 is 0 Å². The highest BCUT2D eigenvalue weighted by Gasteiger charge is 2.21. The first-order valence-corrected chi connectivity index (χ1v) is 9.30. The van der Waals surface area contributed by atoms with Gasteiger partial charge in [0.15, 0.2) is 9.84 Å². The highest BCUT2D eigenvalue weighted by molar-refractivity contribution is 7.91. The molecule has 0 aliphatic heterocycles. The van der Waals surface area contributed by atoms with E-state index in [-0.39, 0.29) is 22.6 Å². The fourth-order valence-electron chi connectivity index (χ4n) is 2.40. The zero-order chi connectivity index (χ0) is 17.7. The van der Waals surface area contributed by atoms with Gasteiger partial charge in [-0.3, -0.25) is 0 Å². The standard InChI is InChI=1S/C16H21N5O2S/c1-12(2)15(16-20-19-11-21(16)3)18-8-9-24(22,23)14-6-4-13(10-17)5-7-14/h4-7,11-12,15,18H,8-9H2,1-3H3. The minimum Gasteiger partial charge on any atom is -0.319 e. The fourth-order valence-corrected chi connectivity index (χ4v) is 3.58. The second kappa shape index (κ2) is 7.55. The average molecular weight is 347 g/mol. The molecule has 7 nitrogen and oxygen atoms in total. The van der Waals surface area contributed by atoms with E-state index in [1.807, 2.05) is 31.5 Å². The van der Waals surface area contributed by atoms with Crippen LogP contribution in [0, 0.1) is 17.2 Å². The number of sulfone groups is 1. The van der Waals surface area contributed by atoms with Crippen LogP contribution < -0.4 is 5.32 Å². The van der Waals surface area contributed by atoms with Gasteiger partial charge in [-0.2, -0.15) is 5.26 Å². The monoisotopic (exact) mass is 347 g/mol. The van der Waals surface area contributed by atoms with E-state index in [9.17, 15) is 8.42 Å². The summed E-state index contributed by atoms with van der Waals surface area (Å²) < 4.78 is 26.6. The lowest BCUT2D eigenvalue weighted by Crippen LogP contribution is -2.32. The van der Waals surface area contributed by atoms with E-state index in [4.69, 9.17) is 5.26 Å². The second-order valence-corrected chi connectivity index (χ2v) is 8.04. The predicted molar refractivity (Wildman–Crippen MR) is 89.8 cm³/mol. The van der Waals surface area contributed by atoms with Gasteiger partial charge in [-0.25, -0.2) is 8.42 Å². The first-order chi connectivity index (χ1) is 11.3. The maximum Gasteiger partial charge on any atom is 0.179 e. The largest absolute Gasteiger partial charge is 0.319 e. The van der Waals surface area contributed by atoms with E-state index in [0.717, 1.165) is 5.82 Å². The third-order valence-corrected chi connectivity index (χ3v) is 5.50. The van der Waals surface area contributed by atoms with Gasteiger partial charge in [-0.05, 0) is 30.2 Å². The summed E-state index contributed by atoms with van der Waals surface area (Å²) in [4.78, 5) is 0.225. The van der Waals surface area contributed by atoms with E-state index in [2.05, 4.69) is 15.5 Å². The molecule has 8 heteroatoms. The first-order valence-electron chi connectivity index (χ1n) is 7.65. The van der Waals surface area contributed by atoms with Gasteiger partial charge in [0.25, 0.3) is 0 Å². The normalized spacial score (nSPS) is 13.0. The summed E-state index contributed by atoms with van der Waals surface area (Å²) in [6.07, 6.45) is 1.62. The minimum absolute atomic E-state index is 0.0278. The van der Waals surface area contributed by atoms with Crippen molar-refractivity contribution in [1.82, 2.24) is 20.1 Å². The molecule has 0 aliphatic carbocycles. The molecular formula is C16H21N5O2S. The van der Waals surface area contributed by atoms with Crippen LogP contribution in [0.25, 0.3) is 0 Å². The molecule has 0 spiro atoms. The molecule has 2 rings (SSSR count). The molecule has 2 aromatic rings. The molecule has 1 heterocycles. The van der Waals surface area contributed by atoms with E-state index in [1.165, 1.54) is 24.3 Å². The van der Waals surface area contributed by atoms with Crippen LogP contribution in [-0.4, -0.2) is 35.5 Å². The lowest BCUT2D eigenvalue weighted by molar-refractivity contribution is 0.393. The van der Waals surface area contributed by atoms with Crippen LogP contribution in [0.2, 0.25) is 0 Å². The number of hydrogen-bond acceptors (Lipinski definition) is 6. The van der Waals surface area contributed by atoms with Crippen LogP contribution in [0.5, 0.6) is 0 Å². The smallest absolute Gasteiger partial charge is 0.179 e. The average Bonchev–Trinajstić information content (AvgIpc) is 2.97. The number of benzene rings is 1. The van der Waals surface area contributed by atoms with E-state index in [1.54, 1.807) is 6.33 Å². The molecule has 0 aliphatic rings. The number of rotatable bonds is 7. The fraction of sp³-hybridized carbons (Fsp3) is 0.438. The summed E-state index contributed by atoms with van der Waals surface area (Å²) >= 11 is 0. The van der Waals surface area contributed by atoms with Crippen molar-refractivity contribution in [2.24, 2.45) is 13.0 Å². The Balaban J connectivity index is 2.03. The lowest BCUT2D eigenvalue weighted by Gasteiger charge is -2.21. The maximum absolute atomic E-state index is 12.4. The Kier molecular flexibility index (Phi) is 5.70. The summed E-state index contributed by atoms with van der Waals surface area (Å²) in [6, 6.07) is 7.86. The third kappa shape index (κ3) is 4.19. The van der Waals surface area contributed by atoms with E-state index >= 15 is 0 Å². The number of nitriles is 1. The van der Waals surface area contributed by atoms with Gasteiger partial charge in [-0.15, -0.1) is 10.2 Å². The molecule has 0 radical (unpaired) electrons. The molecule has 24 heavy (non-hydrogen) atoms. The summed E-state index contributed by atoms with van der Waals surface area (Å²) in [5.74, 6) is 0.992. The molecule has 0 fully saturated rings. The Morgan fingerprint density at radius 2 is 1.96 bits per heavy atom. The van der Waals surface area contributed by atoms with Crippen molar-refractivity contribution < 1.29 is 8.42 Å². The molecule has 1 aromatic carbocycles. The zero-order valence-corrected chi connectivity index (χ0v) is 14.8. The quantitative estimate of drug-likeness (QED) is 0.813. The van der Waals surface area contributed by atoms with Crippen molar-refractivity contribution in [3.05, 3.63) is 42.0 Å². The topological polar surface area (TPSA) is 101 Å². The van der Waals surface area contributed by atoms with Crippen LogP contribution in [0.1, 0.15) is 31.3 Å². The molecule has 0 amide bonds. The SMILES string of the molecule is CC(C)C(NCCS(=O)(=O)c1ccc(C#N)cc1)c1nncn1C. The molecule has 1 N–H and O–H groups in total. The van der Waals surface area contributed by atoms with Crippen LogP contribution >= 0.6 is 0 Å². The molecule has 0 saturated carbocycles. The van der Waals surface area contributed by atoms with Crippen LogP contribution in [-0.2, 0) is 16.9 Å². The Bertz CT molecular complexity index is 819. The molecule has 1 unspecified atom stereocenters. The number of nitrogens with zero attached hydrogens (tertiary/aromatic N) is 4. The van der Waals surface area contributed by atoms with E-state index in [0.29, 0.717) is 12.1 Å². The molecule has 0 bridgehead atoms. The molecule has 128 valence electrons. The van der Waals surface area contributed by atoms with Gasteiger partial charge in [0, 0.05) is 13.6 Å². The van der Waals surface area contributed by atoms with Gasteiger partial charge < -0.3 is 9.88 Å². The maximum atomic E-state index is 12.4. The number of aryl methyl sites for hydroxylation is 1. The third-order valence-electron chi connectivity index (χ3n) is 3.77. The summed E-state index contributed by atoms with van der Waals surface area (Å²) in [5.41, 5.74) is 0.439. The van der Waals surface area contributed by atoms with Gasteiger partial charge in [0.05, 0.1) is 28.3 Å². The summed E-state index contributed by atoms with van der Waals surface area (Å²) in [7, 11) is -1.54. The lowest BCUT2D eigenvalue weighted by atomic mass is 10.0. The highest BCUT2D eigenvalue weighted by Crippen LogP contribution is 2.19. The van der Waals surface area contributed by atoms with Crippen LogP contribution in [0.3, 0.4) is 0 Å². The van der Waals surface area contributed by atoms with Gasteiger partial charge in [-0.1, -0.05) is 13.8 Å². The Morgan fingerprint density at radius 3 is 2.46 bits per heavy atom. The van der Waals surface area contributed by atoms with E-state index < -0.39 is 9.84 Å². The Morgan fingerprint density at radius 1 is 1.29 bits per heavy atom. The van der Waals surface area contributed by atoms with Crippen molar-refractivity contribution in [2.75, 3.05) is 12.3 Å². The van der Waals surface area contributed by atoms with Crippen molar-refractivity contribution >= 4 is 9.84 Å². The summed E-state index contributed by atoms with van der Waals surface area (Å²) in [5, 5.41) is 20.0. The van der Waals surface area contributed by atoms with Crippen molar-refractivity contribution in [1.29, 1.82) is 5.26 Å².